The van der Waals surface area contributed by atoms with Crippen molar-refractivity contribution in [3.63, 3.8) is 0 Å². The number of aromatic nitrogens is 1. The summed E-state index contributed by atoms with van der Waals surface area (Å²) in [4.78, 5) is 4.68. The number of rotatable bonds is 2. The number of aromatic hydroxyl groups is 1. The summed E-state index contributed by atoms with van der Waals surface area (Å²) in [7, 11) is 0. The molecule has 0 unspecified atom stereocenters. The van der Waals surface area contributed by atoms with Crippen LogP contribution in [-0.2, 0) is 0 Å². The molecule has 1 heterocycles. The average Bonchev–Trinajstić information content (AvgIpc) is 2.63. The van der Waals surface area contributed by atoms with Crippen LogP contribution < -0.4 is 0 Å². The minimum absolute atomic E-state index is 0.223. The smallest absolute Gasteiger partial charge is 0.150 e. The van der Waals surface area contributed by atoms with Gasteiger partial charge in [0.05, 0.1) is 5.52 Å². The maximum atomic E-state index is 10.9. The number of hydrogen-bond donors (Lipinski definition) is 1. The summed E-state index contributed by atoms with van der Waals surface area (Å²) in [6.07, 6.45) is 0. The Bertz CT molecular complexity index is 963. The minimum Gasteiger partial charge on any atom is -0.505 e. The highest BCUT2D eigenvalue weighted by Crippen LogP contribution is 2.41. The van der Waals surface area contributed by atoms with Crippen molar-refractivity contribution < 1.29 is 5.11 Å². The van der Waals surface area contributed by atoms with E-state index in [1.165, 1.54) is 0 Å². The van der Waals surface area contributed by atoms with Crippen LogP contribution in [0.15, 0.2) is 84.9 Å². The zero-order valence-corrected chi connectivity index (χ0v) is 12.5. The molecule has 0 saturated heterocycles. The first-order valence-electron chi connectivity index (χ1n) is 7.57. The number of para-hydroxylation sites is 1. The molecule has 0 aliphatic heterocycles. The van der Waals surface area contributed by atoms with E-state index in [1.54, 1.807) is 0 Å². The van der Waals surface area contributed by atoms with Gasteiger partial charge >= 0.3 is 0 Å². The highest BCUT2D eigenvalue weighted by Gasteiger charge is 2.16. The van der Waals surface area contributed by atoms with Crippen LogP contribution in [0, 0.1) is 0 Å². The molecule has 4 rings (SSSR count). The number of fused-ring (bicyclic) bond motifs is 1. The second-order valence-corrected chi connectivity index (χ2v) is 5.43. The lowest BCUT2D eigenvalue weighted by atomic mass is 9.97. The Morgan fingerprint density at radius 2 is 1.17 bits per heavy atom. The lowest BCUT2D eigenvalue weighted by Crippen LogP contribution is -1.91. The van der Waals surface area contributed by atoms with Crippen LogP contribution >= 0.6 is 0 Å². The Labute approximate surface area is 134 Å². The van der Waals surface area contributed by atoms with Gasteiger partial charge in [-0.3, -0.25) is 0 Å². The van der Waals surface area contributed by atoms with Crippen LogP contribution in [0.3, 0.4) is 0 Å². The normalized spacial score (nSPS) is 10.8. The largest absolute Gasteiger partial charge is 0.505 e. The fraction of sp³-hybridized carbons (Fsp3) is 0. The lowest BCUT2D eigenvalue weighted by Gasteiger charge is -2.13. The molecule has 1 aromatic heterocycles. The molecule has 0 fully saturated rings. The average molecular weight is 297 g/mol. The van der Waals surface area contributed by atoms with Gasteiger partial charge in [0.1, 0.15) is 11.4 Å². The van der Waals surface area contributed by atoms with E-state index in [0.29, 0.717) is 5.69 Å². The zero-order chi connectivity index (χ0) is 15.6. The first-order valence-corrected chi connectivity index (χ1v) is 7.57. The highest BCUT2D eigenvalue weighted by molar-refractivity contribution is 6.00. The Morgan fingerprint density at radius 1 is 0.609 bits per heavy atom. The van der Waals surface area contributed by atoms with Crippen LogP contribution in [0.1, 0.15) is 0 Å². The van der Waals surface area contributed by atoms with E-state index in [4.69, 9.17) is 0 Å². The Kier molecular flexibility index (Phi) is 3.28. The second kappa shape index (κ2) is 5.58. The molecule has 0 aliphatic rings. The van der Waals surface area contributed by atoms with E-state index in [1.807, 2.05) is 84.9 Å². The quantitative estimate of drug-likeness (QED) is 0.546. The van der Waals surface area contributed by atoms with Crippen molar-refractivity contribution in [2.45, 2.75) is 0 Å². The summed E-state index contributed by atoms with van der Waals surface area (Å²) in [5.74, 6) is 0.223. The fourth-order valence-corrected chi connectivity index (χ4v) is 2.90. The van der Waals surface area contributed by atoms with Crippen molar-refractivity contribution >= 4 is 10.9 Å². The summed E-state index contributed by atoms with van der Waals surface area (Å²) >= 11 is 0. The van der Waals surface area contributed by atoms with Gasteiger partial charge in [-0.05, 0) is 11.6 Å². The lowest BCUT2D eigenvalue weighted by molar-refractivity contribution is 0.478. The van der Waals surface area contributed by atoms with Gasteiger partial charge in [0.15, 0.2) is 0 Å². The van der Waals surface area contributed by atoms with Gasteiger partial charge < -0.3 is 5.11 Å². The van der Waals surface area contributed by atoms with Gasteiger partial charge in [-0.15, -0.1) is 0 Å². The van der Waals surface area contributed by atoms with Gasteiger partial charge in [0.25, 0.3) is 0 Å². The fourth-order valence-electron chi connectivity index (χ4n) is 2.90. The monoisotopic (exact) mass is 297 g/mol. The van der Waals surface area contributed by atoms with Crippen LogP contribution in [0.2, 0.25) is 0 Å². The zero-order valence-electron chi connectivity index (χ0n) is 12.5. The van der Waals surface area contributed by atoms with E-state index in [9.17, 15) is 5.11 Å². The molecule has 0 saturated carbocycles. The first-order chi connectivity index (χ1) is 11.3. The molecule has 1 N–H and O–H groups in total. The van der Waals surface area contributed by atoms with Gasteiger partial charge in [-0.1, -0.05) is 78.9 Å². The molecule has 3 aromatic carbocycles. The predicted octanol–water partition coefficient (Wildman–Crippen LogP) is 5.27. The molecular weight excluding hydrogens is 282 g/mol. The number of pyridine rings is 1. The highest BCUT2D eigenvalue weighted by atomic mass is 16.3. The summed E-state index contributed by atoms with van der Waals surface area (Å²) in [6, 6.07) is 27.7. The molecule has 0 spiro atoms. The Balaban J connectivity index is 2.10. The first kappa shape index (κ1) is 13.5. The standard InChI is InChI=1S/C21H15NO/c23-21-19(15-9-3-1-4-10-15)17-13-7-8-14-18(17)22-20(21)16-11-5-2-6-12-16/h1-14,23H. The van der Waals surface area contributed by atoms with Crippen molar-refractivity contribution in [3.8, 4) is 28.1 Å². The summed E-state index contributed by atoms with van der Waals surface area (Å²) in [5, 5.41) is 11.9. The second-order valence-electron chi connectivity index (χ2n) is 5.43. The van der Waals surface area contributed by atoms with Crippen molar-refractivity contribution in [1.29, 1.82) is 0 Å². The molecule has 2 heteroatoms. The van der Waals surface area contributed by atoms with E-state index in [0.717, 1.165) is 27.6 Å². The molecule has 4 aromatic rings. The van der Waals surface area contributed by atoms with E-state index < -0.39 is 0 Å². The van der Waals surface area contributed by atoms with Gasteiger partial charge in [-0.25, -0.2) is 4.98 Å². The van der Waals surface area contributed by atoms with E-state index in [2.05, 4.69) is 4.98 Å². The summed E-state index contributed by atoms with van der Waals surface area (Å²) < 4.78 is 0. The van der Waals surface area contributed by atoms with Crippen molar-refractivity contribution in [1.82, 2.24) is 4.98 Å². The number of benzene rings is 3. The molecule has 0 amide bonds. The summed E-state index contributed by atoms with van der Waals surface area (Å²) in [5.41, 5.74) is 4.22. The molecule has 0 atom stereocenters. The van der Waals surface area contributed by atoms with Crippen molar-refractivity contribution in [2.24, 2.45) is 0 Å². The Hall–Kier alpha value is -3.13. The molecule has 110 valence electrons. The van der Waals surface area contributed by atoms with Gasteiger partial charge in [0, 0.05) is 16.5 Å². The molecule has 0 radical (unpaired) electrons. The molecule has 2 nitrogen and oxygen atoms in total. The molecule has 0 bridgehead atoms. The third-order valence-electron chi connectivity index (χ3n) is 3.98. The molecule has 0 aliphatic carbocycles. The minimum atomic E-state index is 0.223. The summed E-state index contributed by atoms with van der Waals surface area (Å²) in [6.45, 7) is 0. The van der Waals surface area contributed by atoms with Crippen LogP contribution in [0.25, 0.3) is 33.3 Å². The van der Waals surface area contributed by atoms with Gasteiger partial charge in [0.2, 0.25) is 0 Å². The number of nitrogens with zero attached hydrogens (tertiary/aromatic N) is 1. The van der Waals surface area contributed by atoms with Crippen LogP contribution in [-0.4, -0.2) is 10.1 Å². The maximum absolute atomic E-state index is 10.9. The van der Waals surface area contributed by atoms with E-state index >= 15 is 0 Å². The SMILES string of the molecule is Oc1c(-c2ccccc2)nc2ccccc2c1-c1ccccc1. The Morgan fingerprint density at radius 3 is 1.87 bits per heavy atom. The van der Waals surface area contributed by atoms with E-state index in [-0.39, 0.29) is 5.75 Å². The van der Waals surface area contributed by atoms with Gasteiger partial charge in [-0.2, -0.15) is 0 Å². The maximum Gasteiger partial charge on any atom is 0.150 e. The third-order valence-corrected chi connectivity index (χ3v) is 3.98. The van der Waals surface area contributed by atoms with Crippen molar-refractivity contribution in [2.75, 3.05) is 0 Å². The number of hydrogen-bond acceptors (Lipinski definition) is 2. The third kappa shape index (κ3) is 2.34. The predicted molar refractivity (Wildman–Crippen MR) is 94.3 cm³/mol. The molecular formula is C21H15NO. The van der Waals surface area contributed by atoms with Crippen LogP contribution in [0.4, 0.5) is 0 Å². The molecule has 23 heavy (non-hydrogen) atoms. The van der Waals surface area contributed by atoms with Crippen LogP contribution in [0.5, 0.6) is 5.75 Å². The topological polar surface area (TPSA) is 33.1 Å². The van der Waals surface area contributed by atoms with Crippen molar-refractivity contribution in [3.05, 3.63) is 84.9 Å².